The lowest BCUT2D eigenvalue weighted by molar-refractivity contribution is 0.0528. The van der Waals surface area contributed by atoms with E-state index in [1.54, 1.807) is 13.1 Å². The van der Waals surface area contributed by atoms with Crippen molar-refractivity contribution in [1.29, 1.82) is 0 Å². The van der Waals surface area contributed by atoms with Crippen molar-refractivity contribution in [3.05, 3.63) is 89.9 Å². The molecule has 6 rings (SSSR count). The van der Waals surface area contributed by atoms with Crippen LogP contribution in [0.4, 0.5) is 11.5 Å². The van der Waals surface area contributed by atoms with E-state index in [0.717, 1.165) is 29.4 Å². The number of aromatic nitrogens is 4. The number of carbonyl (C=O) groups excluding carboxylic acids is 2. The van der Waals surface area contributed by atoms with Crippen LogP contribution in [0.25, 0.3) is 16.6 Å². The van der Waals surface area contributed by atoms with Crippen LogP contribution >= 0.6 is 0 Å². The van der Waals surface area contributed by atoms with Crippen LogP contribution in [0.15, 0.2) is 73.2 Å². The van der Waals surface area contributed by atoms with E-state index < -0.39 is 5.97 Å². The summed E-state index contributed by atoms with van der Waals surface area (Å²) in [4.78, 5) is 32.9. The third kappa shape index (κ3) is 4.50. The van der Waals surface area contributed by atoms with E-state index >= 15 is 0 Å². The van der Waals surface area contributed by atoms with Gasteiger partial charge in [0.1, 0.15) is 16.9 Å². The molecule has 1 aliphatic heterocycles. The number of amides is 1. The number of anilines is 2. The lowest BCUT2D eigenvalue weighted by Gasteiger charge is -2.32. The first-order valence-electron chi connectivity index (χ1n) is 13.2. The molecule has 0 unspecified atom stereocenters. The molecule has 0 saturated carbocycles. The molecule has 1 fully saturated rings. The Hall–Kier alpha value is -4.66. The van der Waals surface area contributed by atoms with Crippen molar-refractivity contribution >= 4 is 39.9 Å². The lowest BCUT2D eigenvalue weighted by Crippen LogP contribution is -2.38. The zero-order valence-corrected chi connectivity index (χ0v) is 22.0. The van der Waals surface area contributed by atoms with Crippen molar-refractivity contribution in [2.75, 3.05) is 25.0 Å². The standard InChI is InChI=1S/C30H30N6O3/c1-3-39-30(38)24-19-32-36-27(24)31-18-23(28(36)33-25-10-7-11-26-22(25)14-15-34(26)2)29(37)35-16-12-21(13-17-35)20-8-5-4-6-9-20/h4-11,14-15,18-19,21,33H,3,12-13,16-17H2,1-2H3. The first-order valence-corrected chi connectivity index (χ1v) is 13.2. The molecule has 3 aromatic heterocycles. The second-order valence-corrected chi connectivity index (χ2v) is 9.80. The highest BCUT2D eigenvalue weighted by Crippen LogP contribution is 2.32. The molecule has 4 heterocycles. The largest absolute Gasteiger partial charge is 0.462 e. The molecule has 198 valence electrons. The number of nitrogens with zero attached hydrogens (tertiary/aromatic N) is 5. The number of aryl methyl sites for hydroxylation is 1. The number of hydrogen-bond acceptors (Lipinski definition) is 6. The number of ether oxygens (including phenoxy) is 1. The first-order chi connectivity index (χ1) is 19.0. The summed E-state index contributed by atoms with van der Waals surface area (Å²) >= 11 is 0. The van der Waals surface area contributed by atoms with Crippen molar-refractivity contribution < 1.29 is 14.3 Å². The maximum Gasteiger partial charge on any atom is 0.343 e. The molecular weight excluding hydrogens is 492 g/mol. The third-order valence-corrected chi connectivity index (χ3v) is 7.49. The fourth-order valence-corrected chi connectivity index (χ4v) is 5.41. The predicted octanol–water partition coefficient (Wildman–Crippen LogP) is 5.16. The van der Waals surface area contributed by atoms with Gasteiger partial charge in [0.25, 0.3) is 5.91 Å². The van der Waals surface area contributed by atoms with Crippen LogP contribution in [0.5, 0.6) is 0 Å². The Morgan fingerprint density at radius 3 is 2.56 bits per heavy atom. The number of esters is 1. The number of fused-ring (bicyclic) bond motifs is 2. The Bertz CT molecular complexity index is 1660. The highest BCUT2D eigenvalue weighted by Gasteiger charge is 2.28. The summed E-state index contributed by atoms with van der Waals surface area (Å²) in [6.07, 6.45) is 6.76. The first kappa shape index (κ1) is 24.7. The van der Waals surface area contributed by atoms with Crippen molar-refractivity contribution in [2.45, 2.75) is 25.7 Å². The van der Waals surface area contributed by atoms with Gasteiger partial charge in [0.15, 0.2) is 5.65 Å². The molecule has 2 aromatic carbocycles. The SMILES string of the molecule is CCOC(=O)c1cnn2c(Nc3cccc4c3ccn4C)c(C(=O)N3CCC(c4ccccc4)CC3)cnc12. The van der Waals surface area contributed by atoms with Gasteiger partial charge in [0.2, 0.25) is 0 Å². The molecule has 0 spiro atoms. The minimum absolute atomic E-state index is 0.119. The summed E-state index contributed by atoms with van der Waals surface area (Å²) in [6, 6.07) is 18.5. The monoisotopic (exact) mass is 522 g/mol. The van der Waals surface area contributed by atoms with E-state index in [0.29, 0.717) is 36.0 Å². The van der Waals surface area contributed by atoms with Gasteiger partial charge in [-0.05, 0) is 49.4 Å². The summed E-state index contributed by atoms with van der Waals surface area (Å²) in [5, 5.41) is 8.92. The Balaban J connectivity index is 1.37. The Labute approximate surface area is 226 Å². The Morgan fingerprint density at radius 1 is 1.00 bits per heavy atom. The van der Waals surface area contributed by atoms with Crippen LogP contribution in [0.2, 0.25) is 0 Å². The van der Waals surface area contributed by atoms with Crippen LogP contribution in [0, 0.1) is 0 Å². The van der Waals surface area contributed by atoms with Gasteiger partial charge in [-0.3, -0.25) is 4.79 Å². The highest BCUT2D eigenvalue weighted by atomic mass is 16.5. The summed E-state index contributed by atoms with van der Waals surface area (Å²) in [6.45, 7) is 3.30. The zero-order chi connectivity index (χ0) is 26.9. The third-order valence-electron chi connectivity index (χ3n) is 7.49. The molecule has 0 bridgehead atoms. The second-order valence-electron chi connectivity index (χ2n) is 9.80. The van der Waals surface area contributed by atoms with Crippen LogP contribution in [0.1, 0.15) is 52.0 Å². The van der Waals surface area contributed by atoms with Crippen LogP contribution in [0.3, 0.4) is 0 Å². The van der Waals surface area contributed by atoms with Crippen LogP contribution in [-0.4, -0.2) is 55.6 Å². The van der Waals surface area contributed by atoms with Gasteiger partial charge in [0.05, 0.1) is 12.8 Å². The molecule has 0 radical (unpaired) electrons. The van der Waals surface area contributed by atoms with Crippen LogP contribution in [-0.2, 0) is 11.8 Å². The van der Waals surface area contributed by atoms with E-state index in [9.17, 15) is 9.59 Å². The number of carbonyl (C=O) groups is 2. The molecule has 0 atom stereocenters. The van der Waals surface area contributed by atoms with Gasteiger partial charge in [-0.1, -0.05) is 36.4 Å². The maximum atomic E-state index is 13.9. The molecule has 9 nitrogen and oxygen atoms in total. The molecule has 5 aromatic rings. The highest BCUT2D eigenvalue weighted by molar-refractivity contribution is 6.03. The summed E-state index contributed by atoms with van der Waals surface area (Å²) < 4.78 is 8.77. The maximum absolute atomic E-state index is 13.9. The zero-order valence-electron chi connectivity index (χ0n) is 22.0. The molecule has 0 aliphatic carbocycles. The Kier molecular flexibility index (Phi) is 6.48. The van der Waals surface area contributed by atoms with Crippen molar-refractivity contribution in [2.24, 2.45) is 7.05 Å². The predicted molar refractivity (Wildman–Crippen MR) is 149 cm³/mol. The minimum Gasteiger partial charge on any atom is -0.462 e. The molecular formula is C30H30N6O3. The van der Waals surface area contributed by atoms with E-state index in [2.05, 4.69) is 39.7 Å². The summed E-state index contributed by atoms with van der Waals surface area (Å²) in [7, 11) is 1.99. The summed E-state index contributed by atoms with van der Waals surface area (Å²) in [5.74, 6) is 0.273. The molecule has 9 heteroatoms. The average Bonchev–Trinajstić information content (AvgIpc) is 3.58. The van der Waals surface area contributed by atoms with E-state index in [-0.39, 0.29) is 18.1 Å². The van der Waals surface area contributed by atoms with E-state index in [1.807, 2.05) is 53.0 Å². The van der Waals surface area contributed by atoms with Crippen molar-refractivity contribution in [1.82, 2.24) is 24.1 Å². The quantitative estimate of drug-likeness (QED) is 0.310. The van der Waals surface area contributed by atoms with Crippen molar-refractivity contribution in [3.63, 3.8) is 0 Å². The number of nitrogens with one attached hydrogen (secondary N) is 1. The average molecular weight is 523 g/mol. The van der Waals surface area contributed by atoms with E-state index in [1.165, 1.54) is 16.3 Å². The molecule has 1 aliphatic rings. The lowest BCUT2D eigenvalue weighted by atomic mass is 9.89. The topological polar surface area (TPSA) is 93.8 Å². The van der Waals surface area contributed by atoms with Gasteiger partial charge in [-0.15, -0.1) is 0 Å². The number of hydrogen-bond donors (Lipinski definition) is 1. The van der Waals surface area contributed by atoms with Crippen LogP contribution < -0.4 is 5.32 Å². The normalized spacial score (nSPS) is 14.2. The fourth-order valence-electron chi connectivity index (χ4n) is 5.41. The van der Waals surface area contributed by atoms with Gasteiger partial charge >= 0.3 is 5.97 Å². The van der Waals surface area contributed by atoms with Gasteiger partial charge < -0.3 is 19.5 Å². The van der Waals surface area contributed by atoms with Crippen molar-refractivity contribution in [3.8, 4) is 0 Å². The Morgan fingerprint density at radius 2 is 1.79 bits per heavy atom. The second kappa shape index (κ2) is 10.2. The molecule has 1 N–H and O–H groups in total. The molecule has 1 amide bonds. The van der Waals surface area contributed by atoms with Gasteiger partial charge in [-0.25, -0.2) is 9.78 Å². The number of piperidine rings is 1. The number of benzene rings is 2. The molecule has 1 saturated heterocycles. The number of likely N-dealkylation sites (tertiary alicyclic amines) is 1. The summed E-state index contributed by atoms with van der Waals surface area (Å²) in [5.41, 5.74) is 4.16. The number of rotatable bonds is 6. The molecule has 39 heavy (non-hydrogen) atoms. The van der Waals surface area contributed by atoms with Gasteiger partial charge in [0, 0.05) is 49.1 Å². The van der Waals surface area contributed by atoms with Gasteiger partial charge in [-0.2, -0.15) is 9.61 Å². The minimum atomic E-state index is -0.502. The fraction of sp³-hybridized carbons (Fsp3) is 0.267. The smallest absolute Gasteiger partial charge is 0.343 e. The van der Waals surface area contributed by atoms with E-state index in [4.69, 9.17) is 4.74 Å².